The summed E-state index contributed by atoms with van der Waals surface area (Å²) in [4.78, 5) is 0. The second-order valence-corrected chi connectivity index (χ2v) is 3.20. The van der Waals surface area contributed by atoms with Gasteiger partial charge in [0.25, 0.3) is 0 Å². The average Bonchev–Trinajstić information content (AvgIpc) is 2.59. The van der Waals surface area contributed by atoms with Crippen molar-refractivity contribution in [2.45, 2.75) is 0 Å². The number of nitrogens with zero attached hydrogens (tertiary/aromatic N) is 2. The van der Waals surface area contributed by atoms with Gasteiger partial charge in [0.2, 0.25) is 0 Å². The summed E-state index contributed by atoms with van der Waals surface area (Å²) >= 11 is 5.81. The second-order valence-electron chi connectivity index (χ2n) is 2.76. The molecule has 0 radical (unpaired) electrons. The first-order valence-corrected chi connectivity index (χ1v) is 4.24. The van der Waals surface area contributed by atoms with E-state index in [4.69, 9.17) is 21.4 Å². The molecule has 14 heavy (non-hydrogen) atoms. The van der Waals surface area contributed by atoms with Gasteiger partial charge in [0.15, 0.2) is 5.58 Å². The number of fused-ring (bicyclic) bond motifs is 1. The first kappa shape index (κ1) is 8.79. The van der Waals surface area contributed by atoms with Gasteiger partial charge in [-0.1, -0.05) is 23.3 Å². The summed E-state index contributed by atoms with van der Waals surface area (Å²) in [6.45, 7) is 3.57. The van der Waals surface area contributed by atoms with Crippen LogP contribution >= 0.6 is 11.6 Å². The molecule has 4 heteroatoms. The van der Waals surface area contributed by atoms with Crippen molar-refractivity contribution in [1.82, 2.24) is 5.16 Å². The zero-order chi connectivity index (χ0) is 10.1. The van der Waals surface area contributed by atoms with Crippen LogP contribution in [-0.2, 0) is 0 Å². The van der Waals surface area contributed by atoms with E-state index in [1.807, 2.05) is 6.07 Å². The van der Waals surface area contributed by atoms with E-state index < -0.39 is 0 Å². The van der Waals surface area contributed by atoms with E-state index >= 15 is 0 Å². The Morgan fingerprint density at radius 1 is 1.57 bits per heavy atom. The highest BCUT2D eigenvalue weighted by molar-refractivity contribution is 6.31. The summed E-state index contributed by atoms with van der Waals surface area (Å²) in [7, 11) is 0. The normalized spacial score (nSPS) is 10.0. The van der Waals surface area contributed by atoms with Gasteiger partial charge in [0.05, 0.1) is 11.0 Å². The SMILES string of the molecule is C=C(C#N)c1noc2ccc(Cl)cc12. The lowest BCUT2D eigenvalue weighted by Gasteiger charge is -1.90. The maximum absolute atomic E-state index is 8.67. The fraction of sp³-hybridized carbons (Fsp3) is 0. The highest BCUT2D eigenvalue weighted by Crippen LogP contribution is 2.25. The number of nitriles is 1. The van der Waals surface area contributed by atoms with Crippen LogP contribution in [0.2, 0.25) is 5.02 Å². The van der Waals surface area contributed by atoms with Crippen molar-refractivity contribution < 1.29 is 4.52 Å². The number of aromatic nitrogens is 1. The molecule has 0 saturated carbocycles. The first-order valence-electron chi connectivity index (χ1n) is 3.86. The number of allylic oxidation sites excluding steroid dienone is 1. The van der Waals surface area contributed by atoms with Crippen molar-refractivity contribution in [3.63, 3.8) is 0 Å². The molecule has 0 aliphatic heterocycles. The maximum atomic E-state index is 8.67. The van der Waals surface area contributed by atoms with E-state index in [2.05, 4.69) is 11.7 Å². The first-order chi connectivity index (χ1) is 6.72. The molecular weight excluding hydrogens is 200 g/mol. The minimum absolute atomic E-state index is 0.269. The molecule has 3 nitrogen and oxygen atoms in total. The van der Waals surface area contributed by atoms with Crippen molar-refractivity contribution in [3.8, 4) is 6.07 Å². The third kappa shape index (κ3) is 1.26. The van der Waals surface area contributed by atoms with Gasteiger partial charge in [-0.25, -0.2) is 0 Å². The van der Waals surface area contributed by atoms with Crippen LogP contribution in [-0.4, -0.2) is 5.16 Å². The Morgan fingerprint density at radius 2 is 2.36 bits per heavy atom. The highest BCUT2D eigenvalue weighted by atomic mass is 35.5. The Morgan fingerprint density at radius 3 is 3.07 bits per heavy atom. The monoisotopic (exact) mass is 204 g/mol. The minimum Gasteiger partial charge on any atom is -0.356 e. The van der Waals surface area contributed by atoms with E-state index in [1.54, 1.807) is 18.2 Å². The van der Waals surface area contributed by atoms with E-state index in [0.29, 0.717) is 21.7 Å². The molecule has 0 N–H and O–H groups in total. The number of benzene rings is 1. The van der Waals surface area contributed by atoms with Crippen LogP contribution < -0.4 is 0 Å². The van der Waals surface area contributed by atoms with Crippen LogP contribution in [0, 0.1) is 11.3 Å². The zero-order valence-electron chi connectivity index (χ0n) is 7.12. The van der Waals surface area contributed by atoms with E-state index in [0.717, 1.165) is 0 Å². The summed E-state index contributed by atoms with van der Waals surface area (Å²) in [5.74, 6) is 0. The van der Waals surface area contributed by atoms with Gasteiger partial charge in [-0.2, -0.15) is 5.26 Å². The van der Waals surface area contributed by atoms with Gasteiger partial charge in [-0.05, 0) is 18.2 Å². The van der Waals surface area contributed by atoms with Crippen LogP contribution in [0.15, 0.2) is 29.3 Å². The van der Waals surface area contributed by atoms with Gasteiger partial charge in [-0.15, -0.1) is 0 Å². The van der Waals surface area contributed by atoms with Gasteiger partial charge in [0.1, 0.15) is 11.8 Å². The summed E-state index contributed by atoms with van der Waals surface area (Å²) in [6.07, 6.45) is 0. The van der Waals surface area contributed by atoms with E-state index in [9.17, 15) is 0 Å². The van der Waals surface area contributed by atoms with Crippen molar-refractivity contribution in [1.29, 1.82) is 5.26 Å². The molecule has 0 atom stereocenters. The summed E-state index contributed by atoms with van der Waals surface area (Å²) in [5.41, 5.74) is 1.32. The third-order valence-electron chi connectivity index (χ3n) is 1.85. The van der Waals surface area contributed by atoms with Crippen LogP contribution in [0.5, 0.6) is 0 Å². The molecule has 0 spiro atoms. The van der Waals surface area contributed by atoms with Gasteiger partial charge >= 0.3 is 0 Å². The molecule has 2 rings (SSSR count). The number of hydrogen-bond donors (Lipinski definition) is 0. The fourth-order valence-electron chi connectivity index (χ4n) is 1.18. The van der Waals surface area contributed by atoms with Crippen LogP contribution in [0.1, 0.15) is 5.69 Å². The van der Waals surface area contributed by atoms with Gasteiger partial charge in [0, 0.05) is 5.02 Å². The molecule has 68 valence electrons. The standard InChI is InChI=1S/C10H5ClN2O/c1-6(5-12)10-8-4-7(11)2-3-9(8)14-13-10/h2-4H,1H2. The second kappa shape index (κ2) is 3.17. The third-order valence-corrected chi connectivity index (χ3v) is 2.09. The van der Waals surface area contributed by atoms with Gasteiger partial charge < -0.3 is 4.52 Å². The minimum atomic E-state index is 0.269. The summed E-state index contributed by atoms with van der Waals surface area (Å²) < 4.78 is 5.01. The van der Waals surface area contributed by atoms with Crippen molar-refractivity contribution in [2.24, 2.45) is 0 Å². The van der Waals surface area contributed by atoms with Crippen molar-refractivity contribution in [3.05, 3.63) is 35.5 Å². The smallest absolute Gasteiger partial charge is 0.167 e. The Balaban J connectivity index is 2.74. The largest absolute Gasteiger partial charge is 0.356 e. The predicted molar refractivity (Wildman–Crippen MR) is 53.7 cm³/mol. The number of rotatable bonds is 1. The summed E-state index contributed by atoms with van der Waals surface area (Å²) in [5, 5.41) is 13.7. The molecule has 2 aromatic rings. The van der Waals surface area contributed by atoms with E-state index in [-0.39, 0.29) is 5.57 Å². The summed E-state index contributed by atoms with van der Waals surface area (Å²) in [6, 6.07) is 7.03. The predicted octanol–water partition coefficient (Wildman–Crippen LogP) is 3.02. The average molecular weight is 205 g/mol. The molecule has 1 aromatic carbocycles. The molecule has 0 saturated heterocycles. The molecular formula is C10H5ClN2O. The Kier molecular flexibility index (Phi) is 1.99. The van der Waals surface area contributed by atoms with Gasteiger partial charge in [-0.3, -0.25) is 0 Å². The molecule has 0 fully saturated rings. The lowest BCUT2D eigenvalue weighted by molar-refractivity contribution is 0.454. The highest BCUT2D eigenvalue weighted by Gasteiger charge is 2.10. The maximum Gasteiger partial charge on any atom is 0.167 e. The molecule has 1 heterocycles. The molecule has 0 amide bonds. The molecule has 0 bridgehead atoms. The topological polar surface area (TPSA) is 49.8 Å². The van der Waals surface area contributed by atoms with Crippen LogP contribution in [0.4, 0.5) is 0 Å². The quantitative estimate of drug-likeness (QED) is 0.671. The molecule has 0 aliphatic rings. The Labute approximate surface area is 85.2 Å². The lowest BCUT2D eigenvalue weighted by atomic mass is 10.1. The van der Waals surface area contributed by atoms with Crippen LogP contribution in [0.3, 0.4) is 0 Å². The molecule has 1 aromatic heterocycles. The zero-order valence-corrected chi connectivity index (χ0v) is 7.88. The number of halogens is 1. The Hall–Kier alpha value is -1.79. The fourth-order valence-corrected chi connectivity index (χ4v) is 1.35. The molecule has 0 unspecified atom stereocenters. The Bertz CT molecular complexity index is 551. The molecule has 0 aliphatic carbocycles. The van der Waals surface area contributed by atoms with Crippen LogP contribution in [0.25, 0.3) is 16.5 Å². The lowest BCUT2D eigenvalue weighted by Crippen LogP contribution is -1.79. The van der Waals surface area contributed by atoms with Crippen molar-refractivity contribution >= 4 is 28.1 Å². The number of hydrogen-bond acceptors (Lipinski definition) is 3. The van der Waals surface area contributed by atoms with Crippen molar-refractivity contribution in [2.75, 3.05) is 0 Å². The van der Waals surface area contributed by atoms with E-state index in [1.165, 1.54) is 0 Å².